The number of carbonyl (C=O) groups excluding carboxylic acids is 1. The van der Waals surface area contributed by atoms with Crippen molar-refractivity contribution in [2.75, 3.05) is 13.1 Å². The summed E-state index contributed by atoms with van der Waals surface area (Å²) in [5, 5.41) is 10.4. The van der Waals surface area contributed by atoms with E-state index in [4.69, 9.17) is 0 Å². The first-order valence-electron chi connectivity index (χ1n) is 8.12. The van der Waals surface area contributed by atoms with Crippen molar-refractivity contribution >= 4 is 5.91 Å². The number of rotatable bonds is 2. The molecule has 2 aliphatic carbocycles. The minimum absolute atomic E-state index is 0.0782. The van der Waals surface area contributed by atoms with E-state index in [2.05, 4.69) is 11.8 Å². The molecule has 3 fully saturated rings. The zero-order valence-corrected chi connectivity index (χ0v) is 12.1. The van der Waals surface area contributed by atoms with Crippen molar-refractivity contribution in [3.63, 3.8) is 0 Å². The van der Waals surface area contributed by atoms with E-state index >= 15 is 0 Å². The van der Waals surface area contributed by atoms with Gasteiger partial charge in [-0.1, -0.05) is 19.8 Å². The van der Waals surface area contributed by atoms with Crippen LogP contribution in [0.2, 0.25) is 0 Å². The number of amides is 1. The first-order valence-corrected chi connectivity index (χ1v) is 8.12. The van der Waals surface area contributed by atoms with Gasteiger partial charge in [-0.15, -0.1) is 0 Å². The fourth-order valence-corrected chi connectivity index (χ4v) is 5.07. The van der Waals surface area contributed by atoms with Crippen molar-refractivity contribution in [3.8, 4) is 0 Å². The normalized spacial score (nSPS) is 40.2. The molecule has 19 heavy (non-hydrogen) atoms. The van der Waals surface area contributed by atoms with E-state index in [0.717, 1.165) is 58.0 Å². The molecule has 1 N–H and O–H groups in total. The molecule has 3 heteroatoms. The Hall–Kier alpha value is -0.570. The number of aliphatic hydroxyl groups excluding tert-OH is 1. The maximum Gasteiger partial charge on any atom is 0.225 e. The molecule has 3 aliphatic rings. The molecule has 0 aromatic carbocycles. The van der Waals surface area contributed by atoms with E-state index in [1.165, 1.54) is 6.42 Å². The lowest BCUT2D eigenvalue weighted by atomic mass is 9.69. The van der Waals surface area contributed by atoms with Gasteiger partial charge in [0, 0.05) is 19.0 Å². The molecule has 3 rings (SSSR count). The summed E-state index contributed by atoms with van der Waals surface area (Å²) in [7, 11) is 0. The van der Waals surface area contributed by atoms with Crippen molar-refractivity contribution < 1.29 is 9.90 Å². The third kappa shape index (κ3) is 2.10. The Morgan fingerprint density at radius 1 is 1.16 bits per heavy atom. The SMILES string of the molecule is CC(C(=O)N1CCCC1)C1CCCC12CCC[C@H]2O. The van der Waals surface area contributed by atoms with Crippen LogP contribution < -0.4 is 0 Å². The van der Waals surface area contributed by atoms with Crippen LogP contribution in [0.3, 0.4) is 0 Å². The Balaban J connectivity index is 1.75. The lowest BCUT2D eigenvalue weighted by Gasteiger charge is -2.38. The van der Waals surface area contributed by atoms with Crippen molar-refractivity contribution in [1.29, 1.82) is 0 Å². The van der Waals surface area contributed by atoms with Crippen LogP contribution >= 0.6 is 0 Å². The number of aliphatic hydroxyl groups is 1. The summed E-state index contributed by atoms with van der Waals surface area (Å²) >= 11 is 0. The lowest BCUT2D eigenvalue weighted by molar-refractivity contribution is -0.138. The average Bonchev–Trinajstić information content (AvgIpc) is 3.12. The smallest absolute Gasteiger partial charge is 0.225 e. The number of likely N-dealkylation sites (tertiary alicyclic amines) is 1. The van der Waals surface area contributed by atoms with Crippen LogP contribution in [-0.4, -0.2) is 35.1 Å². The molecule has 1 aliphatic heterocycles. The molecule has 0 aromatic rings. The Morgan fingerprint density at radius 3 is 2.42 bits per heavy atom. The second kappa shape index (κ2) is 5.08. The van der Waals surface area contributed by atoms with Crippen molar-refractivity contribution in [1.82, 2.24) is 4.90 Å². The zero-order chi connectivity index (χ0) is 13.5. The predicted molar refractivity (Wildman–Crippen MR) is 74.6 cm³/mol. The summed E-state index contributed by atoms with van der Waals surface area (Å²) in [5.74, 6) is 0.870. The molecule has 1 saturated heterocycles. The Labute approximate surface area is 116 Å². The maximum absolute atomic E-state index is 12.6. The van der Waals surface area contributed by atoms with Crippen LogP contribution in [-0.2, 0) is 4.79 Å². The number of carbonyl (C=O) groups is 1. The Kier molecular flexibility index (Phi) is 3.59. The van der Waals surface area contributed by atoms with E-state index in [0.29, 0.717) is 11.8 Å². The van der Waals surface area contributed by atoms with Gasteiger partial charge in [0.25, 0.3) is 0 Å². The molecule has 1 heterocycles. The lowest BCUT2D eigenvalue weighted by Crippen LogP contribution is -2.43. The number of hydrogen-bond donors (Lipinski definition) is 1. The molecule has 0 aromatic heterocycles. The van der Waals surface area contributed by atoms with E-state index in [9.17, 15) is 9.90 Å². The molecular weight excluding hydrogens is 238 g/mol. The molecule has 0 radical (unpaired) electrons. The summed E-state index contributed by atoms with van der Waals surface area (Å²) < 4.78 is 0. The van der Waals surface area contributed by atoms with Crippen molar-refractivity contribution in [3.05, 3.63) is 0 Å². The number of hydrogen-bond acceptors (Lipinski definition) is 2. The van der Waals surface area contributed by atoms with Crippen LogP contribution in [0.4, 0.5) is 0 Å². The Bertz CT molecular complexity index is 347. The fourth-order valence-electron chi connectivity index (χ4n) is 5.07. The van der Waals surface area contributed by atoms with Gasteiger partial charge >= 0.3 is 0 Å². The van der Waals surface area contributed by atoms with Crippen LogP contribution in [0.1, 0.15) is 58.3 Å². The summed E-state index contributed by atoms with van der Waals surface area (Å²) in [6, 6.07) is 0. The third-order valence-electron chi connectivity index (χ3n) is 6.09. The zero-order valence-electron chi connectivity index (χ0n) is 12.1. The highest BCUT2D eigenvalue weighted by Crippen LogP contribution is 2.56. The monoisotopic (exact) mass is 265 g/mol. The van der Waals surface area contributed by atoms with Gasteiger partial charge in [-0.2, -0.15) is 0 Å². The first-order chi connectivity index (χ1) is 9.15. The largest absolute Gasteiger partial charge is 0.393 e. The maximum atomic E-state index is 12.6. The highest BCUT2D eigenvalue weighted by Gasteiger charge is 2.53. The van der Waals surface area contributed by atoms with Gasteiger partial charge < -0.3 is 10.0 Å². The second-order valence-corrected chi connectivity index (χ2v) is 6.96. The van der Waals surface area contributed by atoms with E-state index in [1.807, 2.05) is 0 Å². The van der Waals surface area contributed by atoms with E-state index in [1.54, 1.807) is 0 Å². The highest BCUT2D eigenvalue weighted by molar-refractivity contribution is 5.79. The van der Waals surface area contributed by atoms with Gasteiger partial charge in [0.2, 0.25) is 5.91 Å². The van der Waals surface area contributed by atoms with Gasteiger partial charge in [-0.25, -0.2) is 0 Å². The predicted octanol–water partition coefficient (Wildman–Crippen LogP) is 2.58. The summed E-state index contributed by atoms with van der Waals surface area (Å²) in [6.07, 6.45) is 8.86. The molecule has 1 amide bonds. The minimum Gasteiger partial charge on any atom is -0.393 e. The van der Waals surface area contributed by atoms with E-state index in [-0.39, 0.29) is 17.4 Å². The van der Waals surface area contributed by atoms with Gasteiger partial charge in [0.1, 0.15) is 0 Å². The van der Waals surface area contributed by atoms with Crippen molar-refractivity contribution in [2.24, 2.45) is 17.3 Å². The summed E-state index contributed by atoms with van der Waals surface area (Å²) in [4.78, 5) is 14.7. The van der Waals surface area contributed by atoms with Crippen molar-refractivity contribution in [2.45, 2.75) is 64.4 Å². The van der Waals surface area contributed by atoms with Gasteiger partial charge in [-0.05, 0) is 49.9 Å². The van der Waals surface area contributed by atoms with E-state index < -0.39 is 0 Å². The molecule has 3 nitrogen and oxygen atoms in total. The molecule has 3 unspecified atom stereocenters. The van der Waals surface area contributed by atoms with Gasteiger partial charge in [0.05, 0.1) is 6.10 Å². The standard InChI is InChI=1S/C16H27NO2/c1-12(15(19)17-10-2-3-11-17)13-6-4-8-16(13)9-5-7-14(16)18/h12-14,18H,2-11H2,1H3/t12?,13?,14-,16?/m1/s1. The molecular formula is C16H27NO2. The van der Waals surface area contributed by atoms with Crippen LogP contribution in [0.5, 0.6) is 0 Å². The number of nitrogens with zero attached hydrogens (tertiary/aromatic N) is 1. The van der Waals surface area contributed by atoms with Gasteiger partial charge in [0.15, 0.2) is 0 Å². The molecule has 4 atom stereocenters. The summed E-state index contributed by atoms with van der Waals surface area (Å²) in [6.45, 7) is 4.01. The molecule has 1 spiro atoms. The fraction of sp³-hybridized carbons (Fsp3) is 0.938. The van der Waals surface area contributed by atoms with Crippen LogP contribution in [0.15, 0.2) is 0 Å². The third-order valence-corrected chi connectivity index (χ3v) is 6.09. The molecule has 0 bridgehead atoms. The highest BCUT2D eigenvalue weighted by atomic mass is 16.3. The minimum atomic E-state index is -0.158. The summed E-state index contributed by atoms with van der Waals surface area (Å²) in [5.41, 5.74) is 0.0782. The van der Waals surface area contributed by atoms with Gasteiger partial charge in [-0.3, -0.25) is 4.79 Å². The quantitative estimate of drug-likeness (QED) is 0.833. The van der Waals surface area contributed by atoms with Crippen LogP contribution in [0.25, 0.3) is 0 Å². The van der Waals surface area contributed by atoms with Crippen LogP contribution in [0, 0.1) is 17.3 Å². The topological polar surface area (TPSA) is 40.5 Å². The average molecular weight is 265 g/mol. The second-order valence-electron chi connectivity index (χ2n) is 6.96. The first kappa shape index (κ1) is 13.4. The molecule has 2 saturated carbocycles. The Morgan fingerprint density at radius 2 is 1.79 bits per heavy atom. The molecule has 108 valence electrons.